The van der Waals surface area contributed by atoms with Crippen LogP contribution >= 0.6 is 0 Å². The Morgan fingerprint density at radius 1 is 1.07 bits per heavy atom. The second-order valence-corrected chi connectivity index (χ2v) is 3.76. The summed E-state index contributed by atoms with van der Waals surface area (Å²) in [5, 5.41) is 8.97. The predicted molar refractivity (Wildman–Crippen MR) is 52.8 cm³/mol. The lowest BCUT2D eigenvalue weighted by Gasteiger charge is -2.38. The van der Waals surface area contributed by atoms with Crippen LogP contribution < -0.4 is 0 Å². The molecule has 0 aromatic heterocycles. The Hall–Kier alpha value is -0.650. The molecule has 1 N–H and O–H groups in total. The van der Waals surface area contributed by atoms with Crippen molar-refractivity contribution in [2.75, 3.05) is 21.3 Å². The van der Waals surface area contributed by atoms with Crippen LogP contribution in [0.15, 0.2) is 0 Å². The minimum atomic E-state index is -0.798. The summed E-state index contributed by atoms with van der Waals surface area (Å²) in [5.74, 6) is -1.21. The van der Waals surface area contributed by atoms with E-state index >= 15 is 0 Å². The molecule has 0 heterocycles. The van der Waals surface area contributed by atoms with Crippen LogP contribution in [0.25, 0.3) is 0 Å². The van der Waals surface area contributed by atoms with Gasteiger partial charge in [-0.25, -0.2) is 0 Å². The van der Waals surface area contributed by atoms with E-state index in [-0.39, 0.29) is 18.3 Å². The zero-order chi connectivity index (χ0) is 11.4. The molecule has 0 saturated heterocycles. The first-order chi connectivity index (χ1) is 7.13. The van der Waals surface area contributed by atoms with Gasteiger partial charge in [0.25, 0.3) is 0 Å². The van der Waals surface area contributed by atoms with Gasteiger partial charge in [0.15, 0.2) is 0 Å². The van der Waals surface area contributed by atoms with Crippen LogP contribution in [0.3, 0.4) is 0 Å². The highest BCUT2D eigenvalue weighted by atomic mass is 16.6. The summed E-state index contributed by atoms with van der Waals surface area (Å²) in [6.07, 6.45) is 0.342. The number of hydrogen-bond acceptors (Lipinski definition) is 4. The fraction of sp³-hybridized carbons (Fsp3) is 0.900. The van der Waals surface area contributed by atoms with E-state index in [1.807, 2.05) is 0 Å². The van der Waals surface area contributed by atoms with Crippen molar-refractivity contribution in [2.24, 2.45) is 5.92 Å². The van der Waals surface area contributed by atoms with Gasteiger partial charge in [-0.15, -0.1) is 0 Å². The number of carboxylic acid groups (broad SMARTS) is 1. The van der Waals surface area contributed by atoms with Crippen LogP contribution in [0, 0.1) is 5.92 Å². The molecule has 2 unspecified atom stereocenters. The number of aliphatic carboxylic acids is 1. The van der Waals surface area contributed by atoms with E-state index in [1.54, 1.807) is 21.3 Å². The number of carboxylic acids is 1. The monoisotopic (exact) mass is 218 g/mol. The van der Waals surface area contributed by atoms with Crippen molar-refractivity contribution in [1.82, 2.24) is 0 Å². The van der Waals surface area contributed by atoms with Gasteiger partial charge >= 0.3 is 5.97 Å². The van der Waals surface area contributed by atoms with Gasteiger partial charge in [0.1, 0.15) is 6.10 Å². The Kier molecular flexibility index (Phi) is 4.50. The maximum atomic E-state index is 10.9. The molecule has 15 heavy (non-hydrogen) atoms. The van der Waals surface area contributed by atoms with E-state index in [4.69, 9.17) is 19.3 Å². The second kappa shape index (κ2) is 5.44. The van der Waals surface area contributed by atoms with Crippen molar-refractivity contribution in [3.8, 4) is 0 Å². The van der Waals surface area contributed by atoms with Gasteiger partial charge in [-0.2, -0.15) is 0 Å². The minimum absolute atomic E-state index is 0.185. The third-order valence-electron chi connectivity index (χ3n) is 2.99. The topological polar surface area (TPSA) is 65.0 Å². The maximum absolute atomic E-state index is 10.9. The summed E-state index contributed by atoms with van der Waals surface area (Å²) in [5.41, 5.74) is 0. The van der Waals surface area contributed by atoms with Crippen LogP contribution in [-0.2, 0) is 19.0 Å². The number of rotatable bonds is 4. The normalized spacial score (nSPS) is 36.5. The van der Waals surface area contributed by atoms with E-state index in [9.17, 15) is 4.79 Å². The van der Waals surface area contributed by atoms with Crippen LogP contribution in [0.5, 0.6) is 0 Å². The molecule has 1 rings (SSSR count). The fourth-order valence-corrected chi connectivity index (χ4v) is 2.13. The Morgan fingerprint density at radius 3 is 1.80 bits per heavy atom. The highest BCUT2D eigenvalue weighted by molar-refractivity contribution is 5.70. The van der Waals surface area contributed by atoms with Crippen molar-refractivity contribution < 1.29 is 24.1 Å². The third kappa shape index (κ3) is 2.68. The summed E-state index contributed by atoms with van der Waals surface area (Å²) in [6.45, 7) is 0. The summed E-state index contributed by atoms with van der Waals surface area (Å²) < 4.78 is 15.8. The molecule has 2 atom stereocenters. The van der Waals surface area contributed by atoms with Crippen molar-refractivity contribution in [3.63, 3.8) is 0 Å². The van der Waals surface area contributed by atoms with Gasteiger partial charge < -0.3 is 19.3 Å². The highest BCUT2D eigenvalue weighted by Gasteiger charge is 2.41. The average molecular weight is 218 g/mol. The molecular weight excluding hydrogens is 200 g/mol. The molecule has 5 nitrogen and oxygen atoms in total. The lowest BCUT2D eigenvalue weighted by molar-refractivity contribution is -0.163. The van der Waals surface area contributed by atoms with E-state index in [1.165, 1.54) is 0 Å². The Labute approximate surface area is 89.3 Å². The Bertz CT molecular complexity index is 204. The first-order valence-corrected chi connectivity index (χ1v) is 4.95. The van der Waals surface area contributed by atoms with Gasteiger partial charge in [0.2, 0.25) is 0 Å². The number of hydrogen-bond donors (Lipinski definition) is 1. The molecular formula is C10H18O5. The van der Waals surface area contributed by atoms with Gasteiger partial charge in [0.05, 0.1) is 18.1 Å². The van der Waals surface area contributed by atoms with E-state index in [2.05, 4.69) is 0 Å². The largest absolute Gasteiger partial charge is 0.481 e. The molecule has 88 valence electrons. The lowest BCUT2D eigenvalue weighted by Crippen LogP contribution is -2.48. The van der Waals surface area contributed by atoms with Crippen molar-refractivity contribution in [1.29, 1.82) is 0 Å². The predicted octanol–water partition coefficient (Wildman–Crippen LogP) is 0.526. The van der Waals surface area contributed by atoms with Gasteiger partial charge in [-0.1, -0.05) is 0 Å². The number of methoxy groups -OCH3 is 3. The fourth-order valence-electron chi connectivity index (χ4n) is 2.13. The minimum Gasteiger partial charge on any atom is -0.481 e. The summed E-state index contributed by atoms with van der Waals surface area (Å²) >= 11 is 0. The molecule has 0 bridgehead atoms. The van der Waals surface area contributed by atoms with E-state index in [0.717, 1.165) is 0 Å². The first-order valence-electron chi connectivity index (χ1n) is 4.95. The molecule has 5 heteroatoms. The molecule has 0 amide bonds. The molecule has 1 aliphatic carbocycles. The molecule has 1 aliphatic rings. The second-order valence-electron chi connectivity index (χ2n) is 3.76. The molecule has 0 aromatic rings. The quantitative estimate of drug-likeness (QED) is 0.745. The standard InChI is InChI=1S/C10H18O5/c1-13-7-4-6(10(11)12)5-8(14-2)9(7)15-3/h6-9H,4-5H2,1-3H3,(H,11,12). The van der Waals surface area contributed by atoms with Crippen LogP contribution in [0.1, 0.15) is 12.8 Å². The molecule has 0 aliphatic heterocycles. The summed E-state index contributed by atoms with van der Waals surface area (Å²) in [4.78, 5) is 10.9. The van der Waals surface area contributed by atoms with E-state index in [0.29, 0.717) is 12.8 Å². The highest BCUT2D eigenvalue weighted by Crippen LogP contribution is 2.30. The third-order valence-corrected chi connectivity index (χ3v) is 2.99. The van der Waals surface area contributed by atoms with Crippen molar-refractivity contribution >= 4 is 5.97 Å². The van der Waals surface area contributed by atoms with Gasteiger partial charge in [-0.3, -0.25) is 4.79 Å². The van der Waals surface area contributed by atoms with Crippen LogP contribution in [0.4, 0.5) is 0 Å². The molecule has 0 spiro atoms. The SMILES string of the molecule is COC1CC(C(=O)O)CC(OC)C1OC. The lowest BCUT2D eigenvalue weighted by atomic mass is 9.83. The average Bonchev–Trinajstić information content (AvgIpc) is 2.26. The molecule has 1 saturated carbocycles. The van der Waals surface area contributed by atoms with Crippen LogP contribution in [0.2, 0.25) is 0 Å². The zero-order valence-electron chi connectivity index (χ0n) is 9.30. The Balaban J connectivity index is 2.73. The Morgan fingerprint density at radius 2 is 1.53 bits per heavy atom. The molecule has 0 aromatic carbocycles. The van der Waals surface area contributed by atoms with Crippen molar-refractivity contribution in [2.45, 2.75) is 31.2 Å². The van der Waals surface area contributed by atoms with E-state index < -0.39 is 11.9 Å². The summed E-state index contributed by atoms with van der Waals surface area (Å²) in [6, 6.07) is 0. The zero-order valence-corrected chi connectivity index (χ0v) is 9.30. The molecule has 0 radical (unpaired) electrons. The van der Waals surface area contributed by atoms with Gasteiger partial charge in [0, 0.05) is 21.3 Å². The number of ether oxygens (including phenoxy) is 3. The summed E-state index contributed by atoms with van der Waals surface area (Å²) in [7, 11) is 4.71. The number of carbonyl (C=O) groups is 1. The van der Waals surface area contributed by atoms with Gasteiger partial charge in [-0.05, 0) is 12.8 Å². The molecule has 1 fully saturated rings. The maximum Gasteiger partial charge on any atom is 0.306 e. The van der Waals surface area contributed by atoms with Crippen molar-refractivity contribution in [3.05, 3.63) is 0 Å². The first kappa shape index (κ1) is 12.4. The smallest absolute Gasteiger partial charge is 0.306 e. The van der Waals surface area contributed by atoms with Crippen LogP contribution in [-0.4, -0.2) is 50.7 Å².